The Morgan fingerprint density at radius 1 is 1.31 bits per heavy atom. The first-order valence-electron chi connectivity index (χ1n) is 4.32. The van der Waals surface area contributed by atoms with E-state index in [4.69, 9.17) is 28.3 Å². The third kappa shape index (κ3) is 1.89. The Balaban J connectivity index is 2.67. The Morgan fingerprint density at radius 2 is 1.94 bits per heavy atom. The van der Waals surface area contributed by atoms with Crippen molar-refractivity contribution in [3.63, 3.8) is 0 Å². The van der Waals surface area contributed by atoms with Crippen molar-refractivity contribution in [3.8, 4) is 5.69 Å². The molecule has 2 heterocycles. The van der Waals surface area contributed by atoms with Gasteiger partial charge in [0.2, 0.25) is 0 Å². The zero-order valence-electron chi connectivity index (χ0n) is 7.89. The molecule has 0 aliphatic rings. The third-order valence-electron chi connectivity index (χ3n) is 1.99. The highest BCUT2D eigenvalue weighted by Crippen LogP contribution is 2.26. The van der Waals surface area contributed by atoms with E-state index >= 15 is 0 Å². The van der Waals surface area contributed by atoms with Gasteiger partial charge in [-0.2, -0.15) is 0 Å². The Kier molecular flexibility index (Phi) is 2.85. The molecule has 0 atom stereocenters. The van der Waals surface area contributed by atoms with Crippen LogP contribution in [-0.4, -0.2) is 20.6 Å². The monoisotopic (exact) mass is 256 g/mol. The number of halogens is 2. The van der Waals surface area contributed by atoms with Crippen LogP contribution < -0.4 is 0 Å². The molecule has 0 aliphatic heterocycles. The van der Waals surface area contributed by atoms with E-state index in [1.807, 2.05) is 0 Å². The van der Waals surface area contributed by atoms with Crippen molar-refractivity contribution in [1.29, 1.82) is 0 Å². The van der Waals surface area contributed by atoms with Crippen LogP contribution in [0.5, 0.6) is 0 Å². The lowest BCUT2D eigenvalue weighted by molar-refractivity contribution is 0.0690. The second kappa shape index (κ2) is 4.15. The highest BCUT2D eigenvalue weighted by atomic mass is 35.5. The minimum Gasteiger partial charge on any atom is -0.476 e. The molecule has 0 spiro atoms. The topological polar surface area (TPSA) is 55.1 Å². The number of aromatic carboxylic acids is 1. The maximum absolute atomic E-state index is 10.9. The van der Waals surface area contributed by atoms with Crippen LogP contribution in [0.15, 0.2) is 30.6 Å². The van der Waals surface area contributed by atoms with Crippen LogP contribution >= 0.6 is 23.2 Å². The number of carboxylic acid groups (broad SMARTS) is 1. The van der Waals surface area contributed by atoms with E-state index in [9.17, 15) is 4.79 Å². The first kappa shape index (κ1) is 11.0. The van der Waals surface area contributed by atoms with Gasteiger partial charge in [-0.05, 0) is 12.1 Å². The molecule has 0 saturated heterocycles. The molecule has 0 radical (unpaired) electrons. The van der Waals surface area contributed by atoms with Gasteiger partial charge < -0.3 is 9.67 Å². The molecule has 2 aromatic heterocycles. The second-order valence-electron chi connectivity index (χ2n) is 3.02. The number of carboxylic acids is 1. The average Bonchev–Trinajstić information content (AvgIpc) is 2.73. The summed E-state index contributed by atoms with van der Waals surface area (Å²) in [6.45, 7) is 0. The summed E-state index contributed by atoms with van der Waals surface area (Å²) in [5.74, 6) is -1.21. The summed E-state index contributed by atoms with van der Waals surface area (Å²) in [5, 5.41) is 9.05. The van der Waals surface area contributed by atoms with Crippen molar-refractivity contribution in [2.24, 2.45) is 0 Å². The smallest absolute Gasteiger partial charge is 0.356 e. The fourth-order valence-corrected chi connectivity index (χ4v) is 1.77. The van der Waals surface area contributed by atoms with E-state index in [1.54, 1.807) is 29.1 Å². The number of carbonyl (C=O) groups is 1. The molecule has 0 unspecified atom stereocenters. The van der Waals surface area contributed by atoms with Gasteiger partial charge in [-0.3, -0.25) is 0 Å². The van der Waals surface area contributed by atoms with Crippen LogP contribution in [0.25, 0.3) is 5.69 Å². The number of rotatable bonds is 2. The maximum Gasteiger partial charge on any atom is 0.356 e. The fourth-order valence-electron chi connectivity index (χ4n) is 1.31. The van der Waals surface area contributed by atoms with E-state index in [1.165, 1.54) is 6.07 Å². The molecular formula is C10H6Cl2N2O2. The summed E-state index contributed by atoms with van der Waals surface area (Å²) < 4.78 is 1.67. The maximum atomic E-state index is 10.9. The van der Waals surface area contributed by atoms with E-state index < -0.39 is 5.97 Å². The van der Waals surface area contributed by atoms with Crippen molar-refractivity contribution >= 4 is 29.2 Å². The first-order valence-corrected chi connectivity index (χ1v) is 5.08. The molecule has 2 aromatic rings. The van der Waals surface area contributed by atoms with E-state index in [0.29, 0.717) is 5.69 Å². The first-order chi connectivity index (χ1) is 7.59. The molecule has 82 valence electrons. The summed E-state index contributed by atoms with van der Waals surface area (Å²) in [6, 6.07) is 5.10. The minimum atomic E-state index is -1.21. The Labute approximate surface area is 101 Å². The Hall–Kier alpha value is -1.52. The lowest BCUT2D eigenvalue weighted by Gasteiger charge is -2.08. The van der Waals surface area contributed by atoms with Crippen LogP contribution in [0.2, 0.25) is 10.2 Å². The molecule has 16 heavy (non-hydrogen) atoms. The van der Waals surface area contributed by atoms with Gasteiger partial charge in [0.1, 0.15) is 5.15 Å². The van der Waals surface area contributed by atoms with Crippen LogP contribution in [0.1, 0.15) is 10.5 Å². The molecule has 0 aromatic carbocycles. The fraction of sp³-hybridized carbons (Fsp3) is 0. The summed E-state index contributed by atoms with van der Waals surface area (Å²) in [5.41, 5.74) is 0.238. The summed E-state index contributed by atoms with van der Waals surface area (Å²) in [7, 11) is 0. The lowest BCUT2D eigenvalue weighted by atomic mass is 10.3. The van der Waals surface area contributed by atoms with Gasteiger partial charge >= 0.3 is 5.97 Å². The van der Waals surface area contributed by atoms with Gasteiger partial charge in [-0.15, -0.1) is 0 Å². The number of hydrogen-bond acceptors (Lipinski definition) is 2. The predicted molar refractivity (Wildman–Crippen MR) is 60.5 cm³/mol. The van der Waals surface area contributed by atoms with Crippen LogP contribution in [0, 0.1) is 0 Å². The predicted octanol–water partition coefficient (Wildman–Crippen LogP) is 2.88. The molecule has 0 amide bonds. The van der Waals surface area contributed by atoms with E-state index in [2.05, 4.69) is 4.98 Å². The molecule has 6 heteroatoms. The molecule has 0 fully saturated rings. The molecule has 0 bridgehead atoms. The van der Waals surface area contributed by atoms with Crippen LogP contribution in [0.3, 0.4) is 0 Å². The van der Waals surface area contributed by atoms with Gasteiger partial charge in [0.25, 0.3) is 0 Å². The SMILES string of the molecule is O=C(O)c1nc(Cl)cc(-n2cccc2)c1Cl. The number of hydrogen-bond donors (Lipinski definition) is 1. The quantitative estimate of drug-likeness (QED) is 0.841. The lowest BCUT2D eigenvalue weighted by Crippen LogP contribution is -2.05. The molecule has 0 saturated carbocycles. The van der Waals surface area contributed by atoms with Crippen molar-refractivity contribution in [1.82, 2.24) is 9.55 Å². The van der Waals surface area contributed by atoms with Crippen molar-refractivity contribution < 1.29 is 9.90 Å². The Bertz CT molecular complexity index is 538. The van der Waals surface area contributed by atoms with E-state index in [0.717, 1.165) is 0 Å². The van der Waals surface area contributed by atoms with Gasteiger partial charge in [0, 0.05) is 18.5 Å². The molecule has 0 aliphatic carbocycles. The number of nitrogens with zero attached hydrogens (tertiary/aromatic N) is 2. The van der Waals surface area contributed by atoms with Crippen molar-refractivity contribution in [3.05, 3.63) is 46.5 Å². The molecule has 1 N–H and O–H groups in total. The zero-order valence-corrected chi connectivity index (χ0v) is 9.40. The normalized spacial score (nSPS) is 10.4. The molecule has 2 rings (SSSR count). The summed E-state index contributed by atoms with van der Waals surface area (Å²) in [6.07, 6.45) is 3.48. The van der Waals surface area contributed by atoms with Crippen LogP contribution in [0.4, 0.5) is 0 Å². The minimum absolute atomic E-state index is 0.0631. The second-order valence-corrected chi connectivity index (χ2v) is 3.79. The standard InChI is InChI=1S/C10H6Cl2N2O2/c11-7-5-6(14-3-1-2-4-14)8(12)9(13-7)10(15)16/h1-5H,(H,15,16). The highest BCUT2D eigenvalue weighted by Gasteiger charge is 2.16. The number of aromatic nitrogens is 2. The average molecular weight is 257 g/mol. The number of pyridine rings is 1. The van der Waals surface area contributed by atoms with Crippen molar-refractivity contribution in [2.75, 3.05) is 0 Å². The van der Waals surface area contributed by atoms with Gasteiger partial charge in [-0.1, -0.05) is 23.2 Å². The third-order valence-corrected chi connectivity index (χ3v) is 2.56. The van der Waals surface area contributed by atoms with E-state index in [-0.39, 0.29) is 15.9 Å². The largest absolute Gasteiger partial charge is 0.476 e. The van der Waals surface area contributed by atoms with Crippen LogP contribution in [-0.2, 0) is 0 Å². The van der Waals surface area contributed by atoms with Crippen molar-refractivity contribution in [2.45, 2.75) is 0 Å². The molecular weight excluding hydrogens is 251 g/mol. The van der Waals surface area contributed by atoms with Gasteiger partial charge in [0.15, 0.2) is 5.69 Å². The highest BCUT2D eigenvalue weighted by molar-refractivity contribution is 6.36. The van der Waals surface area contributed by atoms with Gasteiger partial charge in [0.05, 0.1) is 10.7 Å². The summed E-state index contributed by atoms with van der Waals surface area (Å²) >= 11 is 11.7. The van der Waals surface area contributed by atoms with Gasteiger partial charge in [-0.25, -0.2) is 9.78 Å². The zero-order chi connectivity index (χ0) is 11.7. The summed E-state index contributed by atoms with van der Waals surface area (Å²) in [4.78, 5) is 14.5. The Morgan fingerprint density at radius 3 is 2.50 bits per heavy atom. The molecule has 4 nitrogen and oxygen atoms in total.